The summed E-state index contributed by atoms with van der Waals surface area (Å²) in [6.07, 6.45) is -0.235. The van der Waals surface area contributed by atoms with Gasteiger partial charge in [-0.15, -0.1) is 5.10 Å². The van der Waals surface area contributed by atoms with Crippen LogP contribution >= 0.6 is 23.1 Å². The van der Waals surface area contributed by atoms with Crippen molar-refractivity contribution >= 4 is 35.0 Å². The van der Waals surface area contributed by atoms with Gasteiger partial charge in [0.15, 0.2) is 0 Å². The maximum absolute atomic E-state index is 11.7. The van der Waals surface area contributed by atoms with Gasteiger partial charge in [-0.25, -0.2) is 0 Å². The van der Waals surface area contributed by atoms with Gasteiger partial charge in [-0.3, -0.25) is 14.5 Å². The number of aliphatic carboxylic acids is 1. The summed E-state index contributed by atoms with van der Waals surface area (Å²) >= 11 is 6.97. The summed E-state index contributed by atoms with van der Waals surface area (Å²) in [7, 11) is 0. The fourth-order valence-electron chi connectivity index (χ4n) is 1.82. The molecule has 0 aliphatic carbocycles. The normalized spacial score (nSPS) is 20.7. The Morgan fingerprint density at radius 2 is 2.44 bits per heavy atom. The van der Waals surface area contributed by atoms with Crippen molar-refractivity contribution in [1.82, 2.24) is 19.8 Å². The van der Waals surface area contributed by atoms with E-state index < -0.39 is 12.0 Å². The molecule has 1 amide bonds. The molecule has 1 unspecified atom stereocenters. The van der Waals surface area contributed by atoms with Crippen LogP contribution in [0.25, 0.3) is 0 Å². The van der Waals surface area contributed by atoms with Crippen LogP contribution in [0.4, 0.5) is 0 Å². The maximum atomic E-state index is 11.7. The van der Waals surface area contributed by atoms with E-state index in [9.17, 15) is 9.59 Å². The predicted octanol–water partition coefficient (Wildman–Crippen LogP) is -0.0334. The molecule has 0 saturated carbocycles. The molecular formula is C9H11ClN4O3S. The van der Waals surface area contributed by atoms with Crippen LogP contribution in [0.15, 0.2) is 0 Å². The lowest BCUT2D eigenvalue weighted by Gasteiger charge is -2.33. The van der Waals surface area contributed by atoms with E-state index in [1.165, 1.54) is 0 Å². The number of amides is 1. The molecule has 7 nitrogen and oxygen atoms in total. The van der Waals surface area contributed by atoms with Crippen molar-refractivity contribution < 1.29 is 14.7 Å². The Hall–Kier alpha value is -1.25. The minimum absolute atomic E-state index is 0.235. The molecule has 0 bridgehead atoms. The third kappa shape index (κ3) is 2.95. The van der Waals surface area contributed by atoms with Crippen LogP contribution in [0, 0.1) is 0 Å². The van der Waals surface area contributed by atoms with Crippen molar-refractivity contribution in [2.24, 2.45) is 0 Å². The number of nitrogens with zero attached hydrogens (tertiary/aromatic N) is 3. The average Bonchev–Trinajstić information content (AvgIpc) is 2.69. The summed E-state index contributed by atoms with van der Waals surface area (Å²) in [6.45, 7) is 1.39. The molecule has 1 aliphatic rings. The molecule has 0 spiro atoms. The summed E-state index contributed by atoms with van der Waals surface area (Å²) in [5.41, 5.74) is 0.576. The lowest BCUT2D eigenvalue weighted by Crippen LogP contribution is -2.55. The number of piperazine rings is 1. The molecule has 1 atom stereocenters. The predicted molar refractivity (Wildman–Crippen MR) is 64.4 cm³/mol. The van der Waals surface area contributed by atoms with Gasteiger partial charge in [0.1, 0.15) is 16.1 Å². The second-order valence-electron chi connectivity index (χ2n) is 3.87. The highest BCUT2D eigenvalue weighted by atomic mass is 35.5. The van der Waals surface area contributed by atoms with E-state index in [2.05, 4.69) is 14.9 Å². The van der Waals surface area contributed by atoms with Crippen LogP contribution in [0.1, 0.15) is 12.1 Å². The molecular weight excluding hydrogens is 280 g/mol. The van der Waals surface area contributed by atoms with Gasteiger partial charge in [-0.2, -0.15) is 0 Å². The van der Waals surface area contributed by atoms with E-state index in [-0.39, 0.29) is 12.3 Å². The number of carbonyl (C=O) groups is 2. The van der Waals surface area contributed by atoms with Crippen LogP contribution in [0.3, 0.4) is 0 Å². The lowest BCUT2D eigenvalue weighted by molar-refractivity contribution is -0.143. The second-order valence-corrected chi connectivity index (χ2v) is 5.22. The molecule has 2 rings (SSSR count). The van der Waals surface area contributed by atoms with E-state index in [1.54, 1.807) is 4.90 Å². The molecule has 1 saturated heterocycles. The van der Waals surface area contributed by atoms with Crippen molar-refractivity contribution in [2.45, 2.75) is 19.0 Å². The standard InChI is InChI=1S/C9H11ClN4O3S/c10-8-5(12-13-18-8)4-14-2-1-11-9(17)6(14)3-7(15)16/h6H,1-4H2,(H,11,17)(H,15,16). The molecule has 98 valence electrons. The molecule has 1 fully saturated rings. The summed E-state index contributed by atoms with van der Waals surface area (Å²) in [5, 5.41) is 15.3. The van der Waals surface area contributed by atoms with Gasteiger partial charge in [0.2, 0.25) is 5.91 Å². The van der Waals surface area contributed by atoms with Gasteiger partial charge in [0.25, 0.3) is 0 Å². The van der Waals surface area contributed by atoms with Crippen molar-refractivity contribution in [1.29, 1.82) is 0 Å². The molecule has 18 heavy (non-hydrogen) atoms. The van der Waals surface area contributed by atoms with E-state index >= 15 is 0 Å². The summed E-state index contributed by atoms with van der Waals surface area (Å²) in [4.78, 5) is 24.2. The minimum atomic E-state index is -1.01. The number of nitrogens with one attached hydrogen (secondary N) is 1. The van der Waals surface area contributed by atoms with Gasteiger partial charge in [-0.05, 0) is 0 Å². The first kappa shape index (κ1) is 13.2. The Kier molecular flexibility index (Phi) is 4.10. The zero-order chi connectivity index (χ0) is 13.1. The number of hydrogen-bond acceptors (Lipinski definition) is 6. The third-order valence-electron chi connectivity index (χ3n) is 2.67. The fourth-order valence-corrected chi connectivity index (χ4v) is 2.43. The molecule has 9 heteroatoms. The average molecular weight is 291 g/mol. The van der Waals surface area contributed by atoms with Crippen LogP contribution in [-0.2, 0) is 16.1 Å². The summed E-state index contributed by atoms with van der Waals surface area (Å²) < 4.78 is 4.18. The van der Waals surface area contributed by atoms with E-state index in [4.69, 9.17) is 16.7 Å². The highest BCUT2D eigenvalue weighted by Gasteiger charge is 2.32. The Morgan fingerprint density at radius 1 is 1.67 bits per heavy atom. The maximum Gasteiger partial charge on any atom is 0.305 e. The largest absolute Gasteiger partial charge is 0.481 e. The Bertz CT molecular complexity index is 466. The number of aromatic nitrogens is 2. The SMILES string of the molecule is O=C(O)CC1C(=O)NCCN1Cc1nnsc1Cl. The number of carboxylic acids is 1. The molecule has 2 N–H and O–H groups in total. The zero-order valence-corrected chi connectivity index (χ0v) is 10.9. The van der Waals surface area contributed by atoms with Gasteiger partial charge in [0.05, 0.1) is 6.42 Å². The Balaban J connectivity index is 2.10. The highest BCUT2D eigenvalue weighted by Crippen LogP contribution is 2.21. The molecule has 1 aromatic heterocycles. The first-order valence-corrected chi connectivity index (χ1v) is 6.43. The summed E-state index contributed by atoms with van der Waals surface area (Å²) in [5.74, 6) is -1.28. The number of carbonyl (C=O) groups excluding carboxylic acids is 1. The molecule has 0 radical (unpaired) electrons. The fraction of sp³-hybridized carbons (Fsp3) is 0.556. The molecule has 2 heterocycles. The first-order valence-electron chi connectivity index (χ1n) is 5.28. The molecule has 1 aromatic rings. The number of rotatable bonds is 4. The lowest BCUT2D eigenvalue weighted by atomic mass is 10.1. The highest BCUT2D eigenvalue weighted by molar-refractivity contribution is 7.10. The van der Waals surface area contributed by atoms with E-state index in [0.29, 0.717) is 29.7 Å². The van der Waals surface area contributed by atoms with Crippen LogP contribution in [0.5, 0.6) is 0 Å². The van der Waals surface area contributed by atoms with Crippen molar-refractivity contribution in [3.05, 3.63) is 10.0 Å². The van der Waals surface area contributed by atoms with Crippen molar-refractivity contribution in [3.63, 3.8) is 0 Å². The topological polar surface area (TPSA) is 95.4 Å². The number of carboxylic acid groups (broad SMARTS) is 1. The van der Waals surface area contributed by atoms with E-state index in [0.717, 1.165) is 11.5 Å². The molecule has 1 aliphatic heterocycles. The Labute approximate surface area is 112 Å². The van der Waals surface area contributed by atoms with Crippen LogP contribution in [0.2, 0.25) is 4.34 Å². The van der Waals surface area contributed by atoms with Gasteiger partial charge < -0.3 is 10.4 Å². The summed E-state index contributed by atoms with van der Waals surface area (Å²) in [6, 6.07) is -0.686. The monoisotopic (exact) mass is 290 g/mol. The van der Waals surface area contributed by atoms with Crippen molar-refractivity contribution in [2.75, 3.05) is 13.1 Å². The first-order chi connectivity index (χ1) is 8.58. The van der Waals surface area contributed by atoms with E-state index in [1.807, 2.05) is 0 Å². The molecule has 0 aromatic carbocycles. The van der Waals surface area contributed by atoms with Crippen LogP contribution in [-0.4, -0.2) is 50.6 Å². The third-order valence-corrected chi connectivity index (χ3v) is 3.66. The minimum Gasteiger partial charge on any atom is -0.481 e. The number of halogens is 1. The smallest absolute Gasteiger partial charge is 0.305 e. The van der Waals surface area contributed by atoms with Gasteiger partial charge >= 0.3 is 5.97 Å². The number of hydrogen-bond donors (Lipinski definition) is 2. The van der Waals surface area contributed by atoms with Crippen LogP contribution < -0.4 is 5.32 Å². The van der Waals surface area contributed by atoms with Gasteiger partial charge in [0, 0.05) is 31.2 Å². The second kappa shape index (κ2) is 5.59. The van der Waals surface area contributed by atoms with Crippen molar-refractivity contribution in [3.8, 4) is 0 Å². The Morgan fingerprint density at radius 3 is 3.06 bits per heavy atom. The quantitative estimate of drug-likeness (QED) is 0.808. The van der Waals surface area contributed by atoms with Gasteiger partial charge in [-0.1, -0.05) is 16.1 Å². The zero-order valence-electron chi connectivity index (χ0n) is 9.30.